The molecule has 0 fully saturated rings. The van der Waals surface area contributed by atoms with Crippen LogP contribution in [0.25, 0.3) is 0 Å². The number of carbonyl (C=O) groups excluding carboxylic acids is 1. The molecule has 5 heteroatoms. The van der Waals surface area contributed by atoms with Crippen molar-refractivity contribution in [3.8, 4) is 11.5 Å². The molecule has 0 aliphatic carbocycles. The van der Waals surface area contributed by atoms with Gasteiger partial charge in [0.05, 0.1) is 10.5 Å². The molecule has 94 valence electrons. The van der Waals surface area contributed by atoms with Gasteiger partial charge in [-0.05, 0) is 12.1 Å². The molecule has 0 saturated heterocycles. The molecule has 2 aromatic carbocycles. The molecule has 0 atom stereocenters. The van der Waals surface area contributed by atoms with Crippen LogP contribution >= 0.6 is 0 Å². The van der Waals surface area contributed by atoms with Gasteiger partial charge in [0.2, 0.25) is 0 Å². The van der Waals surface area contributed by atoms with Gasteiger partial charge in [0.25, 0.3) is 5.69 Å². The second-order valence-electron chi connectivity index (χ2n) is 4.25. The van der Waals surface area contributed by atoms with Crippen molar-refractivity contribution in [2.24, 2.45) is 0 Å². The molecule has 0 aromatic heterocycles. The van der Waals surface area contributed by atoms with Crippen LogP contribution in [0.1, 0.15) is 15.9 Å². The average Bonchev–Trinajstić information content (AvgIpc) is 2.54. The molecule has 5 nitrogen and oxygen atoms in total. The summed E-state index contributed by atoms with van der Waals surface area (Å²) in [6.45, 7) is 0. The van der Waals surface area contributed by atoms with Crippen LogP contribution in [-0.4, -0.2) is 10.7 Å². The zero-order valence-corrected chi connectivity index (χ0v) is 9.83. The van der Waals surface area contributed by atoms with Gasteiger partial charge in [-0.1, -0.05) is 18.2 Å². The summed E-state index contributed by atoms with van der Waals surface area (Å²) in [5.74, 6) is 0.799. The maximum absolute atomic E-state index is 12.1. The third kappa shape index (κ3) is 1.95. The second kappa shape index (κ2) is 4.20. The molecular formula is C14H9NO4. The van der Waals surface area contributed by atoms with Crippen LogP contribution in [0.5, 0.6) is 11.5 Å². The minimum Gasteiger partial charge on any atom is -0.456 e. The highest BCUT2D eigenvalue weighted by Gasteiger charge is 2.23. The minimum atomic E-state index is -0.522. The summed E-state index contributed by atoms with van der Waals surface area (Å²) in [7, 11) is 0. The van der Waals surface area contributed by atoms with Crippen LogP contribution < -0.4 is 4.74 Å². The number of ether oxygens (including phenoxy) is 1. The zero-order chi connectivity index (χ0) is 13.4. The van der Waals surface area contributed by atoms with E-state index in [0.717, 1.165) is 5.56 Å². The Labute approximate surface area is 108 Å². The van der Waals surface area contributed by atoms with E-state index in [9.17, 15) is 14.9 Å². The summed E-state index contributed by atoms with van der Waals surface area (Å²) in [4.78, 5) is 22.4. The lowest BCUT2D eigenvalue weighted by Crippen LogP contribution is -2.02. The van der Waals surface area contributed by atoms with Gasteiger partial charge in [-0.3, -0.25) is 14.9 Å². The number of fused-ring (bicyclic) bond motifs is 2. The van der Waals surface area contributed by atoms with Crippen LogP contribution in [-0.2, 0) is 6.42 Å². The Morgan fingerprint density at radius 1 is 1.11 bits per heavy atom. The standard InChI is InChI=1S/C14H9NO4/c16-12-7-9-3-1-2-4-13(9)19-14-6-5-10(15(17)18)8-11(12)14/h1-6,8H,7H2. The monoisotopic (exact) mass is 255 g/mol. The van der Waals surface area contributed by atoms with E-state index < -0.39 is 4.92 Å². The largest absolute Gasteiger partial charge is 0.456 e. The summed E-state index contributed by atoms with van der Waals surface area (Å²) >= 11 is 0. The van der Waals surface area contributed by atoms with Crippen LogP contribution in [0.3, 0.4) is 0 Å². The van der Waals surface area contributed by atoms with Gasteiger partial charge < -0.3 is 4.74 Å². The molecule has 19 heavy (non-hydrogen) atoms. The Kier molecular flexibility index (Phi) is 2.52. The summed E-state index contributed by atoms with van der Waals surface area (Å²) in [5.41, 5.74) is 0.929. The number of Topliss-reactive ketones (excluding diaryl/α,β-unsaturated/α-hetero) is 1. The molecule has 2 aromatic rings. The Morgan fingerprint density at radius 2 is 1.89 bits per heavy atom. The number of non-ortho nitro benzene ring substituents is 1. The van der Waals surface area contributed by atoms with Crippen molar-refractivity contribution >= 4 is 11.5 Å². The maximum Gasteiger partial charge on any atom is 0.270 e. The average molecular weight is 255 g/mol. The van der Waals surface area contributed by atoms with E-state index in [0.29, 0.717) is 11.5 Å². The highest BCUT2D eigenvalue weighted by Crippen LogP contribution is 2.35. The number of ketones is 1. The van der Waals surface area contributed by atoms with Crippen molar-refractivity contribution in [3.63, 3.8) is 0 Å². The number of rotatable bonds is 1. The normalized spacial score (nSPS) is 12.9. The Morgan fingerprint density at radius 3 is 2.68 bits per heavy atom. The second-order valence-corrected chi connectivity index (χ2v) is 4.25. The van der Waals surface area contributed by atoms with Gasteiger partial charge in [-0.15, -0.1) is 0 Å². The number of hydrogen-bond donors (Lipinski definition) is 0. The minimum absolute atomic E-state index is 0.110. The molecule has 0 unspecified atom stereocenters. The smallest absolute Gasteiger partial charge is 0.270 e. The van der Waals surface area contributed by atoms with E-state index in [4.69, 9.17) is 4.74 Å². The summed E-state index contributed by atoms with van der Waals surface area (Å²) in [6.07, 6.45) is 0.185. The van der Waals surface area contributed by atoms with E-state index in [1.54, 1.807) is 6.07 Å². The van der Waals surface area contributed by atoms with Crippen LogP contribution in [0.15, 0.2) is 42.5 Å². The summed E-state index contributed by atoms with van der Waals surface area (Å²) in [6, 6.07) is 11.3. The quantitative estimate of drug-likeness (QED) is 0.579. The lowest BCUT2D eigenvalue weighted by atomic mass is 10.0. The number of nitro groups is 1. The molecule has 1 aliphatic heterocycles. The summed E-state index contributed by atoms with van der Waals surface area (Å²) < 4.78 is 5.66. The predicted molar refractivity (Wildman–Crippen MR) is 67.6 cm³/mol. The topological polar surface area (TPSA) is 69.4 Å². The van der Waals surface area contributed by atoms with Gasteiger partial charge in [0.1, 0.15) is 11.5 Å². The number of para-hydroxylation sites is 1. The fourth-order valence-corrected chi connectivity index (χ4v) is 2.07. The van der Waals surface area contributed by atoms with Crippen molar-refractivity contribution in [1.82, 2.24) is 0 Å². The third-order valence-corrected chi connectivity index (χ3v) is 3.02. The van der Waals surface area contributed by atoms with E-state index >= 15 is 0 Å². The maximum atomic E-state index is 12.1. The number of nitrogens with zero attached hydrogens (tertiary/aromatic N) is 1. The number of benzene rings is 2. The van der Waals surface area contributed by atoms with E-state index in [1.165, 1.54) is 18.2 Å². The van der Waals surface area contributed by atoms with Gasteiger partial charge in [0.15, 0.2) is 5.78 Å². The van der Waals surface area contributed by atoms with Crippen molar-refractivity contribution in [1.29, 1.82) is 0 Å². The summed E-state index contributed by atoms with van der Waals surface area (Å²) in [5, 5.41) is 10.8. The fourth-order valence-electron chi connectivity index (χ4n) is 2.07. The van der Waals surface area contributed by atoms with E-state index in [-0.39, 0.29) is 23.5 Å². The van der Waals surface area contributed by atoms with Gasteiger partial charge in [-0.25, -0.2) is 0 Å². The lowest BCUT2D eigenvalue weighted by Gasteiger charge is -2.07. The molecular weight excluding hydrogens is 246 g/mol. The Balaban J connectivity index is 2.13. The Hall–Kier alpha value is -2.69. The van der Waals surface area contributed by atoms with Gasteiger partial charge in [0, 0.05) is 24.1 Å². The first-order valence-electron chi connectivity index (χ1n) is 5.72. The Bertz CT molecular complexity index is 694. The first-order chi connectivity index (χ1) is 9.15. The molecule has 0 saturated carbocycles. The van der Waals surface area contributed by atoms with Crippen LogP contribution in [0.2, 0.25) is 0 Å². The van der Waals surface area contributed by atoms with Crippen molar-refractivity contribution in [3.05, 3.63) is 63.7 Å². The zero-order valence-electron chi connectivity index (χ0n) is 9.83. The van der Waals surface area contributed by atoms with Crippen molar-refractivity contribution in [2.75, 3.05) is 0 Å². The SMILES string of the molecule is O=C1Cc2ccccc2Oc2ccc([N+](=O)[O-])cc21. The molecule has 1 heterocycles. The van der Waals surface area contributed by atoms with Crippen molar-refractivity contribution < 1.29 is 14.5 Å². The molecule has 0 bridgehead atoms. The molecule has 0 N–H and O–H groups in total. The van der Waals surface area contributed by atoms with E-state index in [1.807, 2.05) is 18.2 Å². The fraction of sp³-hybridized carbons (Fsp3) is 0.0714. The molecule has 1 aliphatic rings. The molecule has 0 spiro atoms. The molecule has 3 rings (SSSR count). The van der Waals surface area contributed by atoms with Crippen LogP contribution in [0.4, 0.5) is 5.69 Å². The highest BCUT2D eigenvalue weighted by atomic mass is 16.6. The number of hydrogen-bond acceptors (Lipinski definition) is 4. The van der Waals surface area contributed by atoms with E-state index in [2.05, 4.69) is 0 Å². The van der Waals surface area contributed by atoms with Crippen LogP contribution in [0, 0.1) is 10.1 Å². The first-order valence-corrected chi connectivity index (χ1v) is 5.72. The molecule has 0 radical (unpaired) electrons. The third-order valence-electron chi connectivity index (χ3n) is 3.02. The van der Waals surface area contributed by atoms with Crippen molar-refractivity contribution in [2.45, 2.75) is 6.42 Å². The lowest BCUT2D eigenvalue weighted by molar-refractivity contribution is -0.384. The number of carbonyl (C=O) groups is 1. The predicted octanol–water partition coefficient (Wildman–Crippen LogP) is 3.13. The number of nitro benzene ring substituents is 1. The van der Waals surface area contributed by atoms with Gasteiger partial charge >= 0.3 is 0 Å². The first kappa shape index (κ1) is 11.4. The highest BCUT2D eigenvalue weighted by molar-refractivity contribution is 6.01. The van der Waals surface area contributed by atoms with Gasteiger partial charge in [-0.2, -0.15) is 0 Å². The molecule has 0 amide bonds.